The molecule has 174 valence electrons. The van der Waals surface area contributed by atoms with E-state index in [2.05, 4.69) is 0 Å². The van der Waals surface area contributed by atoms with Gasteiger partial charge in [0.25, 0.3) is 10.0 Å². The van der Waals surface area contributed by atoms with Gasteiger partial charge in [0.05, 0.1) is 10.4 Å². The number of aryl methyl sites for hydroxylation is 1. The van der Waals surface area contributed by atoms with Gasteiger partial charge in [0.15, 0.2) is 0 Å². The molecular formula is C25H22N2O6S. The summed E-state index contributed by atoms with van der Waals surface area (Å²) in [6.45, 7) is 0.236. The normalized spacial score (nSPS) is 11.4. The highest BCUT2D eigenvalue weighted by atomic mass is 32.2. The van der Waals surface area contributed by atoms with Crippen LogP contribution in [-0.4, -0.2) is 29.4 Å². The number of ether oxygens (including phenoxy) is 1. The molecule has 0 aliphatic rings. The lowest BCUT2D eigenvalue weighted by atomic mass is 10.1. The number of amides is 1. The van der Waals surface area contributed by atoms with Crippen LogP contribution >= 0.6 is 0 Å². The number of carbonyl (C=O) groups excluding carboxylic acids is 1. The zero-order chi connectivity index (χ0) is 24.3. The maximum Gasteiger partial charge on any atom is 0.303 e. The summed E-state index contributed by atoms with van der Waals surface area (Å²) < 4.78 is 33.6. The second-order valence-electron chi connectivity index (χ2n) is 7.69. The van der Waals surface area contributed by atoms with Gasteiger partial charge in [-0.2, -0.15) is 0 Å². The van der Waals surface area contributed by atoms with Crippen LogP contribution in [0, 0.1) is 0 Å². The van der Waals surface area contributed by atoms with Crippen LogP contribution in [-0.2, 0) is 27.8 Å². The van der Waals surface area contributed by atoms with Crippen molar-refractivity contribution in [1.29, 1.82) is 0 Å². The molecule has 1 heterocycles. The van der Waals surface area contributed by atoms with Crippen molar-refractivity contribution >= 4 is 32.8 Å². The zero-order valence-corrected chi connectivity index (χ0v) is 18.9. The van der Waals surface area contributed by atoms with Crippen molar-refractivity contribution in [3.05, 3.63) is 95.7 Å². The predicted octanol–water partition coefficient (Wildman–Crippen LogP) is 3.57. The first kappa shape index (κ1) is 23.1. The molecule has 0 atom stereocenters. The van der Waals surface area contributed by atoms with E-state index in [1.165, 1.54) is 22.3 Å². The molecule has 0 spiro atoms. The summed E-state index contributed by atoms with van der Waals surface area (Å²) in [5.74, 6) is -0.967. The number of carboxylic acids is 1. The van der Waals surface area contributed by atoms with E-state index in [4.69, 9.17) is 15.6 Å². The predicted molar refractivity (Wildman–Crippen MR) is 126 cm³/mol. The molecule has 3 N–H and O–H groups in total. The molecule has 8 nitrogen and oxygen atoms in total. The Hall–Kier alpha value is -4.11. The lowest BCUT2D eigenvalue weighted by Crippen LogP contribution is -2.12. The molecule has 4 aromatic rings. The number of aliphatic carboxylic acids is 1. The number of nitrogens with zero attached hydrogens (tertiary/aromatic N) is 1. The SMILES string of the molecule is NC(=O)c1ccc(COc2ccc(S(=O)(=O)n3cc(CCC(=O)O)c4ccccc43)cc2)cc1. The van der Waals surface area contributed by atoms with E-state index in [0.717, 1.165) is 5.56 Å². The van der Waals surface area contributed by atoms with Gasteiger partial charge in [0, 0.05) is 23.6 Å². The molecule has 34 heavy (non-hydrogen) atoms. The lowest BCUT2D eigenvalue weighted by molar-refractivity contribution is -0.136. The number of primary amides is 1. The number of hydrogen-bond donors (Lipinski definition) is 2. The van der Waals surface area contributed by atoms with Crippen LogP contribution < -0.4 is 10.5 Å². The molecule has 9 heteroatoms. The van der Waals surface area contributed by atoms with E-state index in [9.17, 15) is 18.0 Å². The van der Waals surface area contributed by atoms with Crippen LogP contribution in [0.15, 0.2) is 83.9 Å². The molecule has 0 aliphatic carbocycles. The third-order valence-electron chi connectivity index (χ3n) is 5.39. The summed E-state index contributed by atoms with van der Waals surface area (Å²) in [5, 5.41) is 9.72. The Kier molecular flexibility index (Phi) is 6.38. The third kappa shape index (κ3) is 4.79. The monoisotopic (exact) mass is 478 g/mol. The van der Waals surface area contributed by atoms with E-state index in [1.54, 1.807) is 60.7 Å². The molecule has 0 bridgehead atoms. The summed E-state index contributed by atoms with van der Waals surface area (Å²) in [4.78, 5) is 22.2. The molecule has 0 radical (unpaired) electrons. The van der Waals surface area contributed by atoms with E-state index < -0.39 is 21.9 Å². The Morgan fingerprint density at radius 2 is 1.62 bits per heavy atom. The fourth-order valence-corrected chi connectivity index (χ4v) is 5.00. The van der Waals surface area contributed by atoms with Gasteiger partial charge in [-0.15, -0.1) is 0 Å². The molecule has 0 aliphatic heterocycles. The van der Waals surface area contributed by atoms with Crippen LogP contribution in [0.25, 0.3) is 10.9 Å². The van der Waals surface area contributed by atoms with Gasteiger partial charge in [0.1, 0.15) is 12.4 Å². The van der Waals surface area contributed by atoms with Crippen LogP contribution in [0.2, 0.25) is 0 Å². The molecule has 0 unspecified atom stereocenters. The van der Waals surface area contributed by atoms with Crippen molar-refractivity contribution < 1.29 is 27.9 Å². The summed E-state index contributed by atoms with van der Waals surface area (Å²) in [7, 11) is -3.91. The molecule has 0 fully saturated rings. The number of benzene rings is 3. The van der Waals surface area contributed by atoms with Crippen LogP contribution in [0.1, 0.15) is 27.9 Å². The number of carbonyl (C=O) groups is 2. The Morgan fingerprint density at radius 1 is 0.941 bits per heavy atom. The van der Waals surface area contributed by atoms with E-state index >= 15 is 0 Å². The van der Waals surface area contributed by atoms with Gasteiger partial charge in [-0.3, -0.25) is 9.59 Å². The minimum atomic E-state index is -3.91. The zero-order valence-electron chi connectivity index (χ0n) is 18.0. The van der Waals surface area contributed by atoms with E-state index in [1.807, 2.05) is 0 Å². The topological polar surface area (TPSA) is 129 Å². The van der Waals surface area contributed by atoms with Crippen molar-refractivity contribution in [3.63, 3.8) is 0 Å². The first-order valence-electron chi connectivity index (χ1n) is 10.4. The fraction of sp³-hybridized carbons (Fsp3) is 0.120. The Labute approximate surface area is 196 Å². The lowest BCUT2D eigenvalue weighted by Gasteiger charge is -2.10. The Balaban J connectivity index is 1.54. The minimum Gasteiger partial charge on any atom is -0.489 e. The molecule has 0 saturated heterocycles. The highest BCUT2D eigenvalue weighted by Gasteiger charge is 2.21. The van der Waals surface area contributed by atoms with Gasteiger partial charge in [-0.1, -0.05) is 30.3 Å². The standard InChI is InChI=1S/C25H22N2O6S/c26-25(30)18-7-5-17(6-8-18)16-33-20-10-12-21(13-11-20)34(31,32)27-15-19(9-14-24(28)29)22-3-1-2-4-23(22)27/h1-8,10-13,15H,9,14,16H2,(H2,26,30)(H,28,29). The quantitative estimate of drug-likeness (QED) is 0.378. The largest absolute Gasteiger partial charge is 0.489 e. The number of fused-ring (bicyclic) bond motifs is 1. The van der Waals surface area contributed by atoms with Crippen molar-refractivity contribution in [2.45, 2.75) is 24.3 Å². The van der Waals surface area contributed by atoms with Crippen molar-refractivity contribution in [3.8, 4) is 5.75 Å². The van der Waals surface area contributed by atoms with Gasteiger partial charge in [-0.05, 0) is 60.0 Å². The van der Waals surface area contributed by atoms with Crippen LogP contribution in [0.4, 0.5) is 0 Å². The number of para-hydroxylation sites is 1. The fourth-order valence-electron chi connectivity index (χ4n) is 3.61. The summed E-state index contributed by atoms with van der Waals surface area (Å²) in [6, 6.07) is 19.8. The molecule has 4 rings (SSSR count). The van der Waals surface area contributed by atoms with Crippen LogP contribution in [0.3, 0.4) is 0 Å². The number of aromatic nitrogens is 1. The number of nitrogens with two attached hydrogens (primary N) is 1. The van der Waals surface area contributed by atoms with Crippen molar-refractivity contribution in [2.24, 2.45) is 5.73 Å². The van der Waals surface area contributed by atoms with Gasteiger partial charge < -0.3 is 15.6 Å². The Morgan fingerprint density at radius 3 is 2.26 bits per heavy atom. The maximum atomic E-state index is 13.3. The molecule has 3 aromatic carbocycles. The van der Waals surface area contributed by atoms with Gasteiger partial charge in [-0.25, -0.2) is 12.4 Å². The van der Waals surface area contributed by atoms with Crippen molar-refractivity contribution in [1.82, 2.24) is 3.97 Å². The average Bonchev–Trinajstić information content (AvgIpc) is 3.21. The minimum absolute atomic E-state index is 0.0798. The molecule has 1 amide bonds. The number of rotatable bonds is 9. The summed E-state index contributed by atoms with van der Waals surface area (Å²) in [6.07, 6.45) is 1.63. The highest BCUT2D eigenvalue weighted by molar-refractivity contribution is 7.90. The van der Waals surface area contributed by atoms with Gasteiger partial charge in [0.2, 0.25) is 5.91 Å². The second kappa shape index (κ2) is 9.40. The third-order valence-corrected chi connectivity index (χ3v) is 7.08. The first-order valence-corrected chi connectivity index (χ1v) is 11.9. The van der Waals surface area contributed by atoms with Crippen molar-refractivity contribution in [2.75, 3.05) is 0 Å². The number of hydrogen-bond acceptors (Lipinski definition) is 5. The molecule has 1 aromatic heterocycles. The van der Waals surface area contributed by atoms with E-state index in [-0.39, 0.29) is 24.3 Å². The summed E-state index contributed by atoms with van der Waals surface area (Å²) in [5.41, 5.74) is 7.61. The highest BCUT2D eigenvalue weighted by Crippen LogP contribution is 2.28. The average molecular weight is 479 g/mol. The molecular weight excluding hydrogens is 456 g/mol. The second-order valence-corrected chi connectivity index (χ2v) is 9.50. The maximum absolute atomic E-state index is 13.3. The van der Waals surface area contributed by atoms with E-state index in [0.29, 0.717) is 27.8 Å². The Bertz CT molecular complexity index is 1460. The van der Waals surface area contributed by atoms with Crippen LogP contribution in [0.5, 0.6) is 5.75 Å². The first-order chi connectivity index (χ1) is 16.3. The molecule has 0 saturated carbocycles. The summed E-state index contributed by atoms with van der Waals surface area (Å²) >= 11 is 0. The van der Waals surface area contributed by atoms with Gasteiger partial charge >= 0.3 is 5.97 Å². The smallest absolute Gasteiger partial charge is 0.303 e. The number of carboxylic acid groups (broad SMARTS) is 1.